The summed E-state index contributed by atoms with van der Waals surface area (Å²) in [6.45, 7) is 4.46. The Hall–Kier alpha value is -4.14. The third-order valence-corrected chi connectivity index (χ3v) is 9.67. The molecule has 46 heavy (non-hydrogen) atoms. The molecule has 240 valence electrons. The van der Waals surface area contributed by atoms with Gasteiger partial charge in [0.15, 0.2) is 10.8 Å². The van der Waals surface area contributed by atoms with E-state index < -0.39 is 23.8 Å². The predicted molar refractivity (Wildman–Crippen MR) is 174 cm³/mol. The van der Waals surface area contributed by atoms with E-state index in [9.17, 15) is 18.8 Å². The van der Waals surface area contributed by atoms with Gasteiger partial charge in [-0.2, -0.15) is 0 Å². The Morgan fingerprint density at radius 3 is 2.67 bits per heavy atom. The van der Waals surface area contributed by atoms with Crippen molar-refractivity contribution < 1.29 is 28.6 Å². The van der Waals surface area contributed by atoms with E-state index in [1.165, 1.54) is 23.5 Å². The Labute approximate surface area is 277 Å². The van der Waals surface area contributed by atoms with Gasteiger partial charge in [0, 0.05) is 66.6 Å². The molecule has 3 aliphatic rings. The van der Waals surface area contributed by atoms with Gasteiger partial charge in [-0.1, -0.05) is 34.1 Å². The first-order chi connectivity index (χ1) is 22.2. The monoisotopic (exact) mass is 710 g/mol. The number of hydrogen-bond donors (Lipinski definition) is 2. The molecule has 11 nitrogen and oxygen atoms in total. The van der Waals surface area contributed by atoms with Crippen molar-refractivity contribution in [1.29, 1.82) is 0 Å². The molecule has 0 radical (unpaired) electrons. The number of nitrogens with zero attached hydrogens (tertiary/aromatic N) is 5. The Morgan fingerprint density at radius 1 is 1.17 bits per heavy atom. The molecule has 6 rings (SSSR count). The molecule has 2 N–H and O–H groups in total. The summed E-state index contributed by atoms with van der Waals surface area (Å²) in [5.74, 6) is -1.27. The maximum atomic E-state index is 14.1. The van der Waals surface area contributed by atoms with Crippen molar-refractivity contribution in [2.75, 3.05) is 44.2 Å². The third kappa shape index (κ3) is 6.69. The van der Waals surface area contributed by atoms with Crippen molar-refractivity contribution in [2.24, 2.45) is 4.99 Å². The highest BCUT2D eigenvalue weighted by Crippen LogP contribution is 2.37. The summed E-state index contributed by atoms with van der Waals surface area (Å²) in [5, 5.41) is 14.8. The zero-order valence-electron chi connectivity index (χ0n) is 25.0. The normalized spacial score (nSPS) is 20.0. The summed E-state index contributed by atoms with van der Waals surface area (Å²) >= 11 is 4.88. The van der Waals surface area contributed by atoms with Gasteiger partial charge >= 0.3 is 18.0 Å². The number of carbonyl (C=O) groups is 3. The molecule has 1 aromatic heterocycles. The lowest BCUT2D eigenvalue weighted by atomic mass is 9.95. The van der Waals surface area contributed by atoms with E-state index in [2.05, 4.69) is 31.1 Å². The smallest absolute Gasteiger partial charge is 0.338 e. The molecule has 2 saturated heterocycles. The van der Waals surface area contributed by atoms with Crippen LogP contribution in [0.5, 0.6) is 0 Å². The molecule has 2 amide bonds. The van der Waals surface area contributed by atoms with Crippen molar-refractivity contribution in [1.82, 2.24) is 20.1 Å². The fourth-order valence-corrected chi connectivity index (χ4v) is 7.17. The van der Waals surface area contributed by atoms with E-state index in [1.54, 1.807) is 24.1 Å². The average Bonchev–Trinajstić information content (AvgIpc) is 3.69. The van der Waals surface area contributed by atoms with Crippen LogP contribution < -0.4 is 10.2 Å². The maximum absolute atomic E-state index is 14.1. The number of benzene rings is 2. The first-order valence-corrected chi connectivity index (χ1v) is 16.6. The second kappa shape index (κ2) is 13.7. The number of anilines is 1. The van der Waals surface area contributed by atoms with E-state index in [4.69, 9.17) is 14.8 Å². The van der Waals surface area contributed by atoms with Crippen LogP contribution >= 0.6 is 27.3 Å². The Bertz CT molecular complexity index is 1700. The van der Waals surface area contributed by atoms with Gasteiger partial charge in [0.25, 0.3) is 0 Å². The summed E-state index contributed by atoms with van der Waals surface area (Å²) < 4.78 is 20.1. The number of carboxylic acids is 1. The number of fused-ring (bicyclic) bond motifs is 1. The van der Waals surface area contributed by atoms with Crippen LogP contribution in [0.2, 0.25) is 0 Å². The van der Waals surface area contributed by atoms with Crippen LogP contribution in [-0.2, 0) is 20.7 Å². The minimum absolute atomic E-state index is 0.0515. The number of aromatic nitrogens is 1. The number of halogens is 2. The van der Waals surface area contributed by atoms with Crippen molar-refractivity contribution in [2.45, 2.75) is 31.8 Å². The number of amidine groups is 1. The maximum Gasteiger partial charge on any atom is 0.338 e. The van der Waals surface area contributed by atoms with Crippen LogP contribution in [0.15, 0.2) is 74.8 Å². The van der Waals surface area contributed by atoms with Crippen LogP contribution in [0.4, 0.5) is 14.9 Å². The number of aliphatic carboxylic acids is 1. The molecule has 2 atom stereocenters. The van der Waals surface area contributed by atoms with Gasteiger partial charge < -0.3 is 20.1 Å². The summed E-state index contributed by atoms with van der Waals surface area (Å²) in [6, 6.07) is 10.9. The quantitative estimate of drug-likeness (QED) is 0.293. The number of aliphatic imine (C=N–C) groups is 1. The molecule has 2 aromatic carbocycles. The molecule has 3 aromatic rings. The van der Waals surface area contributed by atoms with E-state index in [0.717, 1.165) is 11.3 Å². The van der Waals surface area contributed by atoms with E-state index >= 15 is 0 Å². The Kier molecular flexibility index (Phi) is 9.47. The fraction of sp³-hybridized carbons (Fsp3) is 0.344. The lowest BCUT2D eigenvalue weighted by Crippen LogP contribution is -2.53. The molecule has 2 fully saturated rings. The van der Waals surface area contributed by atoms with Gasteiger partial charge in [-0.25, -0.2) is 19.0 Å². The number of hydrogen-bond acceptors (Lipinski definition) is 9. The number of rotatable bonds is 10. The summed E-state index contributed by atoms with van der Waals surface area (Å²) in [4.78, 5) is 53.0. The number of nitrogens with one attached hydrogen (secondary N) is 1. The molecular weight excluding hydrogens is 679 g/mol. The van der Waals surface area contributed by atoms with Crippen LogP contribution in [0.1, 0.15) is 35.5 Å². The second-order valence-corrected chi connectivity index (χ2v) is 12.9. The highest BCUT2D eigenvalue weighted by Gasteiger charge is 2.42. The highest BCUT2D eigenvalue weighted by atomic mass is 79.9. The summed E-state index contributed by atoms with van der Waals surface area (Å²) in [6.07, 6.45) is 2.16. The number of thiazole rings is 1. The van der Waals surface area contributed by atoms with Gasteiger partial charge in [0.05, 0.1) is 18.2 Å². The molecule has 0 saturated carbocycles. The Balaban J connectivity index is 1.25. The summed E-state index contributed by atoms with van der Waals surface area (Å²) in [5.41, 5.74) is 3.24. The van der Waals surface area contributed by atoms with Gasteiger partial charge in [0.2, 0.25) is 0 Å². The number of carbonyl (C=O) groups excluding carboxylic acids is 2. The standard InChI is InChI=1S/C32H32BrFN6O5S/c1-2-45-31(43)27-25(36-29(30-35-11-14-46-30)37-28(27)23-9-6-20(34)15-24(23)33)18-38-12-13-39-22(16-38)17-40(32(39)44)21-7-3-19(4-8-21)5-10-26(41)42/h3-4,6-9,11,14-15,22,28H,2,5,10,12-13,16-18H2,1H3,(H,36,37)(H,41,42)/t22-,28-/m0/s1. The van der Waals surface area contributed by atoms with Gasteiger partial charge in [-0.05, 0) is 48.7 Å². The molecule has 0 unspecified atom stereocenters. The predicted octanol–water partition coefficient (Wildman–Crippen LogP) is 4.60. The third-order valence-electron chi connectivity index (χ3n) is 8.21. The topological polar surface area (TPSA) is 128 Å². The summed E-state index contributed by atoms with van der Waals surface area (Å²) in [7, 11) is 0. The molecule has 14 heteroatoms. The molecular formula is C32H32BrFN6O5S. The van der Waals surface area contributed by atoms with Gasteiger partial charge in [-0.3, -0.25) is 19.6 Å². The van der Waals surface area contributed by atoms with Crippen molar-refractivity contribution in [3.63, 3.8) is 0 Å². The zero-order valence-corrected chi connectivity index (χ0v) is 27.4. The molecule has 0 spiro atoms. The van der Waals surface area contributed by atoms with E-state index in [0.29, 0.717) is 71.3 Å². The Morgan fingerprint density at radius 2 is 1.98 bits per heavy atom. The minimum atomic E-state index is -0.848. The van der Waals surface area contributed by atoms with Crippen LogP contribution in [-0.4, -0.2) is 89.1 Å². The van der Waals surface area contributed by atoms with Gasteiger partial charge in [0.1, 0.15) is 11.9 Å². The number of amides is 2. The molecule has 0 aliphatic carbocycles. The number of piperazine rings is 1. The SMILES string of the molecule is CCOC(=O)C1=C(CN2CCN3C(=O)N(c4ccc(CCC(=O)O)cc4)C[C@@H]3C2)NC(c2nccs2)=N[C@H]1c1ccc(F)cc1Br. The molecule has 3 aliphatic heterocycles. The first-order valence-electron chi connectivity index (χ1n) is 14.9. The number of aryl methyl sites for hydroxylation is 1. The zero-order chi connectivity index (χ0) is 32.4. The van der Waals surface area contributed by atoms with Crippen molar-refractivity contribution in [3.05, 3.63) is 91.7 Å². The van der Waals surface area contributed by atoms with Crippen molar-refractivity contribution >= 4 is 56.8 Å². The fourth-order valence-electron chi connectivity index (χ4n) is 6.02. The van der Waals surface area contributed by atoms with Gasteiger partial charge in [-0.15, -0.1) is 11.3 Å². The number of esters is 1. The largest absolute Gasteiger partial charge is 0.481 e. The average molecular weight is 712 g/mol. The number of carboxylic acid groups (broad SMARTS) is 1. The van der Waals surface area contributed by atoms with Crippen LogP contribution in [0, 0.1) is 5.82 Å². The number of ether oxygens (including phenoxy) is 1. The second-order valence-electron chi connectivity index (χ2n) is 11.2. The van der Waals surface area contributed by atoms with E-state index in [-0.39, 0.29) is 25.1 Å². The van der Waals surface area contributed by atoms with Crippen molar-refractivity contribution in [3.8, 4) is 0 Å². The van der Waals surface area contributed by atoms with Crippen LogP contribution in [0.3, 0.4) is 0 Å². The lowest BCUT2D eigenvalue weighted by molar-refractivity contribution is -0.139. The lowest BCUT2D eigenvalue weighted by Gasteiger charge is -2.38. The molecule has 0 bridgehead atoms. The first kappa shape index (κ1) is 31.8. The molecule has 4 heterocycles. The highest BCUT2D eigenvalue weighted by molar-refractivity contribution is 9.10. The minimum Gasteiger partial charge on any atom is -0.481 e. The van der Waals surface area contributed by atoms with Crippen LogP contribution in [0.25, 0.3) is 0 Å². The number of urea groups is 1. The van der Waals surface area contributed by atoms with E-state index in [1.807, 2.05) is 34.5 Å².